The Hall–Kier alpha value is -2.56. The maximum absolute atomic E-state index is 10.6. The van der Waals surface area contributed by atoms with Gasteiger partial charge in [-0.15, -0.1) is 0 Å². The highest BCUT2D eigenvalue weighted by Gasteiger charge is 2.04. The van der Waals surface area contributed by atoms with Crippen molar-refractivity contribution in [1.29, 1.82) is 0 Å². The van der Waals surface area contributed by atoms with Gasteiger partial charge in [0.1, 0.15) is 5.75 Å². The van der Waals surface area contributed by atoms with Crippen LogP contribution >= 0.6 is 0 Å². The van der Waals surface area contributed by atoms with Gasteiger partial charge in [-0.25, -0.2) is 0 Å². The largest absolute Gasteiger partial charge is 0.494 e. The maximum Gasteiger partial charge on any atom is 0.269 e. The molecule has 0 aliphatic heterocycles. The van der Waals surface area contributed by atoms with E-state index < -0.39 is 4.92 Å². The molecule has 0 radical (unpaired) electrons. The molecule has 0 saturated carbocycles. The number of hydrogen-bond acceptors (Lipinski definition) is 4. The van der Waals surface area contributed by atoms with Gasteiger partial charge in [-0.1, -0.05) is 12.1 Å². The molecule has 0 fully saturated rings. The molecule has 2 rings (SSSR count). The second kappa shape index (κ2) is 6.74. The zero-order valence-corrected chi connectivity index (χ0v) is 12.1. The first-order valence-corrected chi connectivity index (χ1v) is 6.81. The van der Waals surface area contributed by atoms with E-state index >= 15 is 0 Å². The zero-order chi connectivity index (χ0) is 15.2. The van der Waals surface area contributed by atoms with Crippen molar-refractivity contribution >= 4 is 11.4 Å². The number of nitrogens with zero attached hydrogens (tertiary/aromatic N) is 1. The Bertz CT molecular complexity index is 624. The molecular formula is C16H18N2O3. The summed E-state index contributed by atoms with van der Waals surface area (Å²) in [4.78, 5) is 10.2. The highest BCUT2D eigenvalue weighted by atomic mass is 16.6. The summed E-state index contributed by atoms with van der Waals surface area (Å²) in [7, 11) is 0. The lowest BCUT2D eigenvalue weighted by Crippen LogP contribution is -2.01. The van der Waals surface area contributed by atoms with Gasteiger partial charge in [0.2, 0.25) is 0 Å². The van der Waals surface area contributed by atoms with Gasteiger partial charge in [0.05, 0.1) is 11.5 Å². The first-order valence-electron chi connectivity index (χ1n) is 6.81. The van der Waals surface area contributed by atoms with Gasteiger partial charge in [-0.05, 0) is 43.2 Å². The summed E-state index contributed by atoms with van der Waals surface area (Å²) < 4.78 is 5.45. The molecule has 0 atom stereocenters. The molecule has 0 unspecified atom stereocenters. The summed E-state index contributed by atoms with van der Waals surface area (Å²) in [5.41, 5.74) is 3.23. The Morgan fingerprint density at radius 2 is 1.90 bits per heavy atom. The predicted octanol–water partition coefficient (Wildman–Crippen LogP) is 3.91. The fraction of sp³-hybridized carbons (Fsp3) is 0.250. The molecule has 2 aromatic carbocycles. The average Bonchev–Trinajstić information content (AvgIpc) is 2.47. The third kappa shape index (κ3) is 3.95. The van der Waals surface area contributed by atoms with Crippen molar-refractivity contribution < 1.29 is 9.66 Å². The van der Waals surface area contributed by atoms with E-state index in [-0.39, 0.29) is 5.69 Å². The Labute approximate surface area is 123 Å². The van der Waals surface area contributed by atoms with Crippen LogP contribution in [0.5, 0.6) is 5.75 Å². The van der Waals surface area contributed by atoms with Gasteiger partial charge in [0, 0.05) is 24.4 Å². The highest BCUT2D eigenvalue weighted by molar-refractivity contribution is 5.54. The molecule has 0 saturated heterocycles. The normalized spacial score (nSPS) is 10.2. The fourth-order valence-corrected chi connectivity index (χ4v) is 2.02. The van der Waals surface area contributed by atoms with Crippen LogP contribution in [0.25, 0.3) is 0 Å². The first kappa shape index (κ1) is 14.8. The van der Waals surface area contributed by atoms with E-state index in [1.54, 1.807) is 12.1 Å². The van der Waals surface area contributed by atoms with Crippen LogP contribution in [0, 0.1) is 17.0 Å². The summed E-state index contributed by atoms with van der Waals surface area (Å²) in [5.74, 6) is 0.857. The van der Waals surface area contributed by atoms with E-state index in [2.05, 4.69) is 5.32 Å². The Morgan fingerprint density at radius 3 is 2.48 bits per heavy atom. The lowest BCUT2D eigenvalue weighted by molar-refractivity contribution is -0.384. The molecule has 0 heterocycles. The van der Waals surface area contributed by atoms with Crippen molar-refractivity contribution in [3.63, 3.8) is 0 Å². The third-order valence-corrected chi connectivity index (χ3v) is 3.14. The van der Waals surface area contributed by atoms with Gasteiger partial charge < -0.3 is 10.1 Å². The molecule has 5 nitrogen and oxygen atoms in total. The summed E-state index contributed by atoms with van der Waals surface area (Å²) in [6.45, 7) is 5.23. The van der Waals surface area contributed by atoms with Crippen molar-refractivity contribution in [2.45, 2.75) is 20.4 Å². The van der Waals surface area contributed by atoms with Crippen LogP contribution < -0.4 is 10.1 Å². The maximum atomic E-state index is 10.6. The van der Waals surface area contributed by atoms with Gasteiger partial charge in [-0.2, -0.15) is 0 Å². The standard InChI is InChI=1S/C16H18N2O3/c1-3-21-15-8-9-16(12(2)10-15)17-11-13-4-6-14(7-5-13)18(19)20/h4-10,17H,3,11H2,1-2H3. The minimum absolute atomic E-state index is 0.107. The lowest BCUT2D eigenvalue weighted by Gasteiger charge is -2.11. The van der Waals surface area contributed by atoms with Gasteiger partial charge in [0.15, 0.2) is 0 Å². The van der Waals surface area contributed by atoms with Crippen molar-refractivity contribution in [2.24, 2.45) is 0 Å². The molecule has 0 amide bonds. The van der Waals surface area contributed by atoms with E-state index in [4.69, 9.17) is 4.74 Å². The highest BCUT2D eigenvalue weighted by Crippen LogP contribution is 2.22. The number of rotatable bonds is 6. The molecular weight excluding hydrogens is 268 g/mol. The average molecular weight is 286 g/mol. The van der Waals surface area contributed by atoms with Crippen molar-refractivity contribution in [3.05, 3.63) is 63.7 Å². The predicted molar refractivity (Wildman–Crippen MR) is 82.8 cm³/mol. The zero-order valence-electron chi connectivity index (χ0n) is 12.1. The number of nitrogens with one attached hydrogen (secondary N) is 1. The number of non-ortho nitro benzene ring substituents is 1. The number of aryl methyl sites for hydroxylation is 1. The second-order valence-electron chi connectivity index (χ2n) is 4.69. The first-order chi connectivity index (χ1) is 10.1. The second-order valence-corrected chi connectivity index (χ2v) is 4.69. The summed E-state index contributed by atoms with van der Waals surface area (Å²) in [6, 6.07) is 12.4. The quantitative estimate of drug-likeness (QED) is 0.646. The molecule has 0 aliphatic rings. The molecule has 2 aromatic rings. The topological polar surface area (TPSA) is 64.4 Å². The van der Waals surface area contributed by atoms with Crippen LogP contribution in [0.15, 0.2) is 42.5 Å². The Kier molecular flexibility index (Phi) is 4.77. The summed E-state index contributed by atoms with van der Waals surface area (Å²) in [5, 5.41) is 13.9. The molecule has 21 heavy (non-hydrogen) atoms. The van der Waals surface area contributed by atoms with Gasteiger partial charge in [0.25, 0.3) is 5.69 Å². The van der Waals surface area contributed by atoms with E-state index in [1.807, 2.05) is 32.0 Å². The Morgan fingerprint density at radius 1 is 1.19 bits per heavy atom. The van der Waals surface area contributed by atoms with Crippen molar-refractivity contribution in [3.8, 4) is 5.75 Å². The van der Waals surface area contributed by atoms with E-state index in [0.29, 0.717) is 13.2 Å². The number of benzene rings is 2. The van der Waals surface area contributed by atoms with E-state index in [1.165, 1.54) is 12.1 Å². The fourth-order valence-electron chi connectivity index (χ4n) is 2.02. The smallest absolute Gasteiger partial charge is 0.269 e. The summed E-state index contributed by atoms with van der Waals surface area (Å²) in [6.07, 6.45) is 0. The van der Waals surface area contributed by atoms with E-state index in [0.717, 1.165) is 22.6 Å². The number of anilines is 1. The van der Waals surface area contributed by atoms with Crippen LogP contribution in [0.2, 0.25) is 0 Å². The molecule has 0 spiro atoms. The number of nitro benzene ring substituents is 1. The third-order valence-electron chi connectivity index (χ3n) is 3.14. The Balaban J connectivity index is 2.00. The van der Waals surface area contributed by atoms with Crippen LogP contribution in [0.4, 0.5) is 11.4 Å². The monoisotopic (exact) mass is 286 g/mol. The SMILES string of the molecule is CCOc1ccc(NCc2ccc([N+](=O)[O-])cc2)c(C)c1. The molecule has 5 heteroatoms. The molecule has 0 aliphatic carbocycles. The van der Waals surface area contributed by atoms with Crippen LogP contribution in [0.3, 0.4) is 0 Å². The molecule has 0 bridgehead atoms. The van der Waals surface area contributed by atoms with Crippen LogP contribution in [-0.2, 0) is 6.54 Å². The summed E-state index contributed by atoms with van der Waals surface area (Å²) >= 11 is 0. The molecule has 0 aromatic heterocycles. The lowest BCUT2D eigenvalue weighted by atomic mass is 10.1. The van der Waals surface area contributed by atoms with E-state index in [9.17, 15) is 10.1 Å². The minimum Gasteiger partial charge on any atom is -0.494 e. The van der Waals surface area contributed by atoms with Gasteiger partial charge >= 0.3 is 0 Å². The van der Waals surface area contributed by atoms with Crippen LogP contribution in [0.1, 0.15) is 18.1 Å². The number of ether oxygens (including phenoxy) is 1. The molecule has 110 valence electrons. The van der Waals surface area contributed by atoms with Gasteiger partial charge in [-0.3, -0.25) is 10.1 Å². The minimum atomic E-state index is -0.395. The molecule has 1 N–H and O–H groups in total. The number of hydrogen-bond donors (Lipinski definition) is 1. The van der Waals surface area contributed by atoms with Crippen molar-refractivity contribution in [1.82, 2.24) is 0 Å². The number of nitro groups is 1. The van der Waals surface area contributed by atoms with Crippen molar-refractivity contribution in [2.75, 3.05) is 11.9 Å². The van der Waals surface area contributed by atoms with Crippen LogP contribution in [-0.4, -0.2) is 11.5 Å².